The minimum Gasteiger partial charge on any atom is -0.449 e. The summed E-state index contributed by atoms with van der Waals surface area (Å²) in [5.41, 5.74) is 15.0. The Hall–Kier alpha value is -8.57. The summed E-state index contributed by atoms with van der Waals surface area (Å²) in [6.07, 6.45) is -2.14. The van der Waals surface area contributed by atoms with E-state index in [9.17, 15) is 70.3 Å². The second-order valence-electron chi connectivity index (χ2n) is 20.5. The number of carbonyl (C=O) groups is 11. The van der Waals surface area contributed by atoms with E-state index in [1.165, 1.54) is 19.1 Å². The number of amides is 11. The fraction of sp³-hybridized carbons (Fsp3) is 0.510. The molecule has 0 bridgehead atoms. The van der Waals surface area contributed by atoms with Gasteiger partial charge in [-0.25, -0.2) is 0 Å². The highest BCUT2D eigenvalue weighted by molar-refractivity contribution is 8.76. The monoisotopic (exact) mass is 1270 g/mol. The number of carbonyl (C=O) groups excluding carboxylic acids is 11. The standard InChI is InChI=1S/C51H64F6N16O12S2/c1-5-22(4)37-50(83)63-25(12-13-32(58)74)45(78)65-28(17-33(59)75)46(79)67-30(51(84)73-14-6-7-31(73)49(82)66-26(15-21(2)3)44(77)61-18-34(60)76)20-87-86-19-29(62-38-35(52)40(54)69-71-42(38)56)48(81)64-27(47(80)68-37)16-23-8-10-24(11-9-23)85-39-36(53)41(55)70-72-43(39)57/h8-11,21-22,25-31,37H,5-7,12-20H2,1-4H3,(H2,58,74)(H2,59,75)(H2,60,76)(H,61,77)(H,62,69)(H,63,83)(H,64,81)(H,65,78)(H,66,82)(H,67,79)(H,68,80)/t22-,25?,26-,27-,28-,29?,30-,31-,37-/m0/s1. The van der Waals surface area contributed by atoms with Crippen LogP contribution in [0.1, 0.15) is 78.2 Å². The molecule has 9 atom stereocenters. The molecule has 2 aliphatic heterocycles. The zero-order chi connectivity index (χ0) is 64.4. The summed E-state index contributed by atoms with van der Waals surface area (Å²) >= 11 is 0. The first-order valence-electron chi connectivity index (χ1n) is 26.9. The van der Waals surface area contributed by atoms with Gasteiger partial charge in [0.2, 0.25) is 82.4 Å². The Morgan fingerprint density at radius 1 is 0.713 bits per heavy atom. The van der Waals surface area contributed by atoms with Crippen molar-refractivity contribution in [2.45, 2.75) is 127 Å². The van der Waals surface area contributed by atoms with Gasteiger partial charge in [-0.05, 0) is 55.2 Å². The molecule has 87 heavy (non-hydrogen) atoms. The zero-order valence-electron chi connectivity index (χ0n) is 47.0. The van der Waals surface area contributed by atoms with E-state index in [1.807, 2.05) is 0 Å². The number of halogens is 6. The van der Waals surface area contributed by atoms with Gasteiger partial charge < -0.3 is 69.4 Å². The summed E-state index contributed by atoms with van der Waals surface area (Å²) in [5, 5.41) is 30.5. The van der Waals surface area contributed by atoms with E-state index in [4.69, 9.17) is 21.9 Å². The van der Waals surface area contributed by atoms with E-state index >= 15 is 8.78 Å². The number of hydrogen-bond acceptors (Lipinski definition) is 19. The summed E-state index contributed by atoms with van der Waals surface area (Å²) < 4.78 is 92.8. The topological polar surface area (TPSA) is 426 Å². The van der Waals surface area contributed by atoms with Crippen LogP contribution in [0.5, 0.6) is 11.5 Å². The lowest BCUT2D eigenvalue weighted by Crippen LogP contribution is -2.61. The molecule has 3 aromatic rings. The third-order valence-corrected chi connectivity index (χ3v) is 15.8. The first-order valence-corrected chi connectivity index (χ1v) is 29.3. The number of aromatic nitrogens is 4. The number of nitrogens with two attached hydrogens (primary N) is 3. The van der Waals surface area contributed by atoms with E-state index in [2.05, 4.69) is 62.9 Å². The largest absolute Gasteiger partial charge is 0.449 e. The lowest BCUT2D eigenvalue weighted by molar-refractivity contribution is -0.142. The van der Waals surface area contributed by atoms with E-state index in [-0.39, 0.29) is 49.5 Å². The molecule has 1 aromatic carbocycles. The van der Waals surface area contributed by atoms with Gasteiger partial charge >= 0.3 is 0 Å². The van der Waals surface area contributed by atoms with Crippen molar-refractivity contribution in [3.05, 3.63) is 65.3 Å². The maximum absolute atomic E-state index is 15.3. The van der Waals surface area contributed by atoms with Gasteiger partial charge in [-0.3, -0.25) is 52.7 Å². The van der Waals surface area contributed by atoms with Crippen molar-refractivity contribution in [1.82, 2.24) is 62.5 Å². The van der Waals surface area contributed by atoms with Crippen molar-refractivity contribution in [3.63, 3.8) is 0 Å². The highest BCUT2D eigenvalue weighted by atomic mass is 33.1. The lowest BCUT2D eigenvalue weighted by atomic mass is 9.96. The minimum atomic E-state index is -1.94. The van der Waals surface area contributed by atoms with E-state index in [1.54, 1.807) is 20.8 Å². The molecule has 474 valence electrons. The van der Waals surface area contributed by atoms with Gasteiger partial charge in [0, 0.05) is 30.9 Å². The van der Waals surface area contributed by atoms with Gasteiger partial charge in [-0.1, -0.05) is 67.8 Å². The maximum Gasteiger partial charge on any atom is 0.278 e. The summed E-state index contributed by atoms with van der Waals surface area (Å²) in [7, 11) is 1.41. The predicted molar refractivity (Wildman–Crippen MR) is 296 cm³/mol. The second kappa shape index (κ2) is 32.2. The fourth-order valence-corrected chi connectivity index (χ4v) is 11.1. The van der Waals surface area contributed by atoms with Crippen molar-refractivity contribution < 1.29 is 83.8 Å². The van der Waals surface area contributed by atoms with Gasteiger partial charge in [0.15, 0.2) is 0 Å². The van der Waals surface area contributed by atoms with Crippen LogP contribution >= 0.6 is 21.6 Å². The van der Waals surface area contributed by atoms with E-state index < -0.39 is 210 Å². The van der Waals surface area contributed by atoms with Crippen LogP contribution in [0.15, 0.2) is 24.3 Å². The minimum absolute atomic E-state index is 0.0297. The van der Waals surface area contributed by atoms with Crippen LogP contribution in [0.2, 0.25) is 0 Å². The Balaban J connectivity index is 1.59. The number of nitrogens with zero attached hydrogens (tertiary/aromatic N) is 5. The molecule has 2 aromatic heterocycles. The Kier molecular flexibility index (Phi) is 25.7. The number of ether oxygens (including phenoxy) is 1. The van der Waals surface area contributed by atoms with Crippen LogP contribution in [0.3, 0.4) is 0 Å². The lowest BCUT2D eigenvalue weighted by Gasteiger charge is -2.31. The van der Waals surface area contributed by atoms with Gasteiger partial charge in [0.25, 0.3) is 23.8 Å². The van der Waals surface area contributed by atoms with Crippen molar-refractivity contribution in [3.8, 4) is 11.5 Å². The van der Waals surface area contributed by atoms with E-state index in [0.29, 0.717) is 10.8 Å². The summed E-state index contributed by atoms with van der Waals surface area (Å²) in [6, 6.07) is -8.56. The molecule has 0 saturated carbocycles. The fourth-order valence-electron chi connectivity index (χ4n) is 8.74. The number of benzene rings is 1. The maximum atomic E-state index is 15.3. The predicted octanol–water partition coefficient (Wildman–Crippen LogP) is -0.954. The molecule has 11 amide bonds. The molecule has 2 saturated heterocycles. The molecule has 28 nitrogen and oxygen atoms in total. The first-order chi connectivity index (χ1) is 41.1. The molecule has 4 heterocycles. The quantitative estimate of drug-likeness (QED) is 0.0452. The van der Waals surface area contributed by atoms with Crippen molar-refractivity contribution in [2.75, 3.05) is 29.9 Å². The molecule has 2 fully saturated rings. The number of hydrogen-bond donors (Lipinski definition) is 11. The smallest absolute Gasteiger partial charge is 0.278 e. The van der Waals surface area contributed by atoms with Crippen LogP contribution in [0.4, 0.5) is 32.0 Å². The number of nitrogens with one attached hydrogen (secondary N) is 8. The van der Waals surface area contributed by atoms with Crippen LogP contribution in [0, 0.1) is 47.3 Å². The molecule has 0 aliphatic carbocycles. The first kappa shape index (κ1) is 69.2. The van der Waals surface area contributed by atoms with Gasteiger partial charge in [-0.2, -0.15) is 26.3 Å². The number of anilines is 1. The van der Waals surface area contributed by atoms with Crippen LogP contribution in [0.25, 0.3) is 0 Å². The summed E-state index contributed by atoms with van der Waals surface area (Å²) in [5.74, 6) is -25.9. The molecule has 36 heteroatoms. The Labute approximate surface area is 500 Å². The second-order valence-corrected chi connectivity index (χ2v) is 23.0. The van der Waals surface area contributed by atoms with Crippen molar-refractivity contribution >= 4 is 92.3 Å². The Morgan fingerprint density at radius 3 is 1.94 bits per heavy atom. The average Bonchev–Trinajstić information content (AvgIpc) is 2.45. The van der Waals surface area contributed by atoms with Crippen molar-refractivity contribution in [2.24, 2.45) is 29.0 Å². The molecular weight excluding hydrogens is 1210 g/mol. The highest BCUT2D eigenvalue weighted by Crippen LogP contribution is 2.30. The van der Waals surface area contributed by atoms with Crippen LogP contribution < -0.4 is 64.5 Å². The summed E-state index contributed by atoms with van der Waals surface area (Å²) in [6.45, 7) is 5.95. The molecule has 2 unspecified atom stereocenters. The van der Waals surface area contributed by atoms with E-state index in [0.717, 1.165) is 27.8 Å². The summed E-state index contributed by atoms with van der Waals surface area (Å²) in [4.78, 5) is 151. The van der Waals surface area contributed by atoms with Gasteiger partial charge in [0.05, 0.1) is 13.0 Å². The molecule has 0 spiro atoms. The van der Waals surface area contributed by atoms with Gasteiger partial charge in [0.1, 0.15) is 59.8 Å². The number of likely N-dealkylation sites (tertiary alicyclic amines) is 1. The molecule has 5 rings (SSSR count). The zero-order valence-corrected chi connectivity index (χ0v) is 48.7. The third kappa shape index (κ3) is 20.0. The highest BCUT2D eigenvalue weighted by Gasteiger charge is 2.41. The normalized spacial score (nSPS) is 21.6. The average molecular weight is 1270 g/mol. The van der Waals surface area contributed by atoms with Crippen molar-refractivity contribution in [1.29, 1.82) is 0 Å². The number of rotatable bonds is 21. The third-order valence-electron chi connectivity index (χ3n) is 13.4. The molecular formula is C51H64F6N16O12S2. The number of primary amides is 3. The molecule has 14 N–H and O–H groups in total. The SMILES string of the molecule is CC[C@H](C)[C@@H]1NC(=O)[C@H](Cc2ccc(Oc3c(F)nnc(F)c3F)cc2)NC(=O)C(Nc2c(F)nnc(F)c2F)CSSC[C@@H](C(=O)N2CCC[C@H]2C(=O)N[C@@H](CC(C)C)C(=O)NCC(N)=O)NC(=O)[C@H](CC(N)=O)NC(=O)C(CCC(N)=O)NC1=O. The Bertz CT molecular complexity index is 3070. The van der Waals surface area contributed by atoms with Crippen LogP contribution in [-0.2, 0) is 59.2 Å². The molecule has 2 aliphatic rings. The van der Waals surface area contributed by atoms with Crippen LogP contribution in [-0.4, -0.2) is 163 Å². The molecule has 0 radical (unpaired) electrons. The van der Waals surface area contributed by atoms with Gasteiger partial charge in [-0.15, -0.1) is 20.4 Å². The Morgan fingerprint density at radius 2 is 1.31 bits per heavy atom.